The van der Waals surface area contributed by atoms with Crippen LogP contribution in [0.4, 0.5) is 5.69 Å². The molecule has 1 aliphatic heterocycles. The molecule has 0 saturated carbocycles. The van der Waals surface area contributed by atoms with E-state index < -0.39 is 0 Å². The van der Waals surface area contributed by atoms with Crippen LogP contribution in [0.15, 0.2) is 18.2 Å². The standard InChI is InChI=1S/C14H20N2O2/c1-16(7-8-17)10-14(18)12-4-5-13-11(9-12)3-2-6-15-13/h4-5,9,15,17H,2-3,6-8,10H2,1H3. The number of hydrogen-bond donors (Lipinski definition) is 2. The van der Waals surface area contributed by atoms with Crippen molar-refractivity contribution < 1.29 is 9.90 Å². The molecule has 0 atom stereocenters. The maximum Gasteiger partial charge on any atom is 0.176 e. The van der Waals surface area contributed by atoms with E-state index in [1.807, 2.05) is 30.1 Å². The highest BCUT2D eigenvalue weighted by molar-refractivity contribution is 5.98. The number of Topliss-reactive ketones (excluding diaryl/α,β-unsaturated/α-hetero) is 1. The highest BCUT2D eigenvalue weighted by Crippen LogP contribution is 2.23. The first kappa shape index (κ1) is 13.1. The van der Waals surface area contributed by atoms with Gasteiger partial charge in [-0.05, 0) is 43.7 Å². The van der Waals surface area contributed by atoms with Crippen LogP contribution in [0.25, 0.3) is 0 Å². The summed E-state index contributed by atoms with van der Waals surface area (Å²) in [5.74, 6) is 0.110. The van der Waals surface area contributed by atoms with Crippen LogP contribution in [-0.4, -0.2) is 49.1 Å². The zero-order valence-electron chi connectivity index (χ0n) is 10.8. The van der Waals surface area contributed by atoms with Crippen molar-refractivity contribution in [2.24, 2.45) is 0 Å². The lowest BCUT2D eigenvalue weighted by Gasteiger charge is -2.19. The molecule has 2 rings (SSSR count). The molecule has 0 aliphatic carbocycles. The molecule has 2 N–H and O–H groups in total. The lowest BCUT2D eigenvalue weighted by molar-refractivity contribution is 0.0935. The minimum absolute atomic E-state index is 0.0812. The second kappa shape index (κ2) is 5.98. The summed E-state index contributed by atoms with van der Waals surface area (Å²) in [6.45, 7) is 1.97. The van der Waals surface area contributed by atoms with E-state index in [1.54, 1.807) is 0 Å². The molecule has 0 saturated heterocycles. The van der Waals surface area contributed by atoms with Crippen molar-refractivity contribution in [1.82, 2.24) is 4.90 Å². The Bertz CT molecular complexity index is 432. The van der Waals surface area contributed by atoms with E-state index in [0.717, 1.165) is 30.6 Å². The highest BCUT2D eigenvalue weighted by Gasteiger charge is 2.13. The molecule has 0 fully saturated rings. The highest BCUT2D eigenvalue weighted by atomic mass is 16.3. The smallest absolute Gasteiger partial charge is 0.176 e. The van der Waals surface area contributed by atoms with Crippen LogP contribution in [0.5, 0.6) is 0 Å². The van der Waals surface area contributed by atoms with E-state index in [2.05, 4.69) is 5.32 Å². The predicted octanol–water partition coefficient (Wildman–Crippen LogP) is 1.15. The van der Waals surface area contributed by atoms with E-state index in [-0.39, 0.29) is 12.4 Å². The maximum absolute atomic E-state index is 12.1. The molecule has 0 radical (unpaired) electrons. The Labute approximate surface area is 108 Å². The molecule has 0 amide bonds. The number of aryl methyl sites for hydroxylation is 1. The minimum Gasteiger partial charge on any atom is -0.395 e. The van der Waals surface area contributed by atoms with Gasteiger partial charge in [-0.25, -0.2) is 0 Å². The van der Waals surface area contributed by atoms with Gasteiger partial charge in [0, 0.05) is 24.3 Å². The first-order chi connectivity index (χ1) is 8.70. The molecular weight excluding hydrogens is 228 g/mol. The first-order valence-electron chi connectivity index (χ1n) is 6.40. The van der Waals surface area contributed by atoms with E-state index >= 15 is 0 Å². The summed E-state index contributed by atoms with van der Waals surface area (Å²) in [6, 6.07) is 5.87. The number of anilines is 1. The number of fused-ring (bicyclic) bond motifs is 1. The molecule has 0 bridgehead atoms. The van der Waals surface area contributed by atoms with Crippen LogP contribution < -0.4 is 5.32 Å². The topological polar surface area (TPSA) is 52.6 Å². The molecule has 0 aromatic heterocycles. The lowest BCUT2D eigenvalue weighted by atomic mass is 9.99. The molecule has 1 heterocycles. The Kier molecular flexibility index (Phi) is 4.33. The Hall–Kier alpha value is -1.39. The SMILES string of the molecule is CN(CCO)CC(=O)c1ccc2c(c1)CCCN2. The average molecular weight is 248 g/mol. The van der Waals surface area contributed by atoms with Crippen molar-refractivity contribution >= 4 is 11.5 Å². The summed E-state index contributed by atoms with van der Waals surface area (Å²) in [5, 5.41) is 12.2. The zero-order valence-corrected chi connectivity index (χ0v) is 10.8. The lowest BCUT2D eigenvalue weighted by Crippen LogP contribution is -2.28. The van der Waals surface area contributed by atoms with E-state index in [4.69, 9.17) is 5.11 Å². The fourth-order valence-corrected chi connectivity index (χ4v) is 2.23. The van der Waals surface area contributed by atoms with Gasteiger partial charge >= 0.3 is 0 Å². The summed E-state index contributed by atoms with van der Waals surface area (Å²) in [7, 11) is 1.84. The number of likely N-dealkylation sites (N-methyl/N-ethyl adjacent to an activating group) is 1. The predicted molar refractivity (Wildman–Crippen MR) is 72.2 cm³/mol. The largest absolute Gasteiger partial charge is 0.395 e. The number of hydrogen-bond acceptors (Lipinski definition) is 4. The van der Waals surface area contributed by atoms with Crippen molar-refractivity contribution in [2.75, 3.05) is 38.6 Å². The molecule has 0 unspecified atom stereocenters. The van der Waals surface area contributed by atoms with Crippen LogP contribution >= 0.6 is 0 Å². The number of aliphatic hydroxyl groups excluding tert-OH is 1. The van der Waals surface area contributed by atoms with Gasteiger partial charge in [-0.1, -0.05) is 0 Å². The monoisotopic (exact) mass is 248 g/mol. The van der Waals surface area contributed by atoms with Crippen molar-refractivity contribution in [3.05, 3.63) is 29.3 Å². The number of aliphatic hydroxyl groups is 1. The summed E-state index contributed by atoms with van der Waals surface area (Å²) >= 11 is 0. The van der Waals surface area contributed by atoms with Crippen LogP contribution in [-0.2, 0) is 6.42 Å². The second-order valence-electron chi connectivity index (χ2n) is 4.79. The maximum atomic E-state index is 12.1. The van der Waals surface area contributed by atoms with Gasteiger partial charge in [0.05, 0.1) is 13.2 Å². The van der Waals surface area contributed by atoms with E-state index in [9.17, 15) is 4.79 Å². The first-order valence-corrected chi connectivity index (χ1v) is 6.40. The van der Waals surface area contributed by atoms with Crippen LogP contribution in [0.2, 0.25) is 0 Å². The molecule has 0 spiro atoms. The molecule has 4 nitrogen and oxygen atoms in total. The summed E-state index contributed by atoms with van der Waals surface area (Å²) < 4.78 is 0. The minimum atomic E-state index is 0.0812. The van der Waals surface area contributed by atoms with Gasteiger partial charge in [0.25, 0.3) is 0 Å². The quantitative estimate of drug-likeness (QED) is 0.768. The van der Waals surface area contributed by atoms with E-state index in [1.165, 1.54) is 5.56 Å². The normalized spacial score (nSPS) is 14.2. The number of rotatable bonds is 5. The van der Waals surface area contributed by atoms with Gasteiger partial charge in [-0.2, -0.15) is 0 Å². The Morgan fingerprint density at radius 2 is 2.33 bits per heavy atom. The zero-order chi connectivity index (χ0) is 13.0. The molecule has 18 heavy (non-hydrogen) atoms. The third-order valence-corrected chi connectivity index (χ3v) is 3.26. The van der Waals surface area contributed by atoms with Gasteiger partial charge in [-0.3, -0.25) is 9.69 Å². The van der Waals surface area contributed by atoms with Gasteiger partial charge in [0.15, 0.2) is 5.78 Å². The third-order valence-electron chi connectivity index (χ3n) is 3.26. The fourth-order valence-electron chi connectivity index (χ4n) is 2.23. The molecule has 98 valence electrons. The van der Waals surface area contributed by atoms with Gasteiger partial charge in [0.2, 0.25) is 0 Å². The number of benzene rings is 1. The number of nitrogens with one attached hydrogen (secondary N) is 1. The van der Waals surface area contributed by atoms with E-state index in [0.29, 0.717) is 13.1 Å². The Morgan fingerprint density at radius 3 is 3.11 bits per heavy atom. The molecule has 1 aromatic carbocycles. The number of nitrogens with zero attached hydrogens (tertiary/aromatic N) is 1. The van der Waals surface area contributed by atoms with Gasteiger partial charge in [0.1, 0.15) is 0 Å². The van der Waals surface area contributed by atoms with Gasteiger partial charge in [-0.15, -0.1) is 0 Å². The van der Waals surface area contributed by atoms with Crippen LogP contribution in [0.1, 0.15) is 22.3 Å². The number of ketones is 1. The van der Waals surface area contributed by atoms with Crippen molar-refractivity contribution in [3.8, 4) is 0 Å². The molecular formula is C14H20N2O2. The number of carbonyl (C=O) groups excluding carboxylic acids is 1. The molecule has 1 aliphatic rings. The summed E-state index contributed by atoms with van der Waals surface area (Å²) in [6.07, 6.45) is 2.16. The second-order valence-corrected chi connectivity index (χ2v) is 4.79. The Morgan fingerprint density at radius 1 is 1.50 bits per heavy atom. The van der Waals surface area contributed by atoms with Crippen LogP contribution in [0.3, 0.4) is 0 Å². The van der Waals surface area contributed by atoms with Crippen molar-refractivity contribution in [3.63, 3.8) is 0 Å². The number of carbonyl (C=O) groups is 1. The summed E-state index contributed by atoms with van der Waals surface area (Å²) in [5.41, 5.74) is 3.15. The third kappa shape index (κ3) is 3.09. The van der Waals surface area contributed by atoms with Crippen molar-refractivity contribution in [1.29, 1.82) is 0 Å². The average Bonchev–Trinajstić information content (AvgIpc) is 2.38. The van der Waals surface area contributed by atoms with Crippen LogP contribution in [0, 0.1) is 0 Å². The fraction of sp³-hybridized carbons (Fsp3) is 0.500. The molecule has 4 heteroatoms. The van der Waals surface area contributed by atoms with Crippen molar-refractivity contribution in [2.45, 2.75) is 12.8 Å². The Balaban J connectivity index is 2.06. The van der Waals surface area contributed by atoms with Gasteiger partial charge < -0.3 is 10.4 Å². The molecule has 1 aromatic rings. The summed E-state index contributed by atoms with van der Waals surface area (Å²) in [4.78, 5) is 13.9.